The number of aromatic amines is 1. The monoisotopic (exact) mass is 630 g/mol. The molecule has 0 saturated carbocycles. The fourth-order valence-electron chi connectivity index (χ4n) is 6.06. The van der Waals surface area contributed by atoms with Crippen molar-refractivity contribution in [2.24, 2.45) is 5.92 Å². The maximum Gasteiger partial charge on any atom is 0.410 e. The lowest BCUT2D eigenvalue weighted by atomic mass is 10.0. The van der Waals surface area contributed by atoms with Crippen LogP contribution in [0.25, 0.3) is 11.0 Å². The summed E-state index contributed by atoms with van der Waals surface area (Å²) in [6, 6.07) is 14.7. The van der Waals surface area contributed by atoms with E-state index in [1.807, 2.05) is 56.0 Å². The van der Waals surface area contributed by atoms with E-state index in [2.05, 4.69) is 25.2 Å². The van der Waals surface area contributed by atoms with E-state index in [0.29, 0.717) is 50.4 Å². The van der Waals surface area contributed by atoms with Crippen LogP contribution in [0, 0.1) is 5.92 Å². The van der Waals surface area contributed by atoms with Crippen molar-refractivity contribution in [3.8, 4) is 11.5 Å². The van der Waals surface area contributed by atoms with Crippen LogP contribution in [-0.2, 0) is 4.74 Å². The number of carbonyl (C=O) groups excluding carboxylic acids is 2. The van der Waals surface area contributed by atoms with E-state index in [1.165, 1.54) is 6.33 Å². The zero-order chi connectivity index (χ0) is 31.6. The Morgan fingerprint density at radius 1 is 1.00 bits per heavy atom. The highest BCUT2D eigenvalue weighted by Gasteiger charge is 2.32. The molecule has 4 heterocycles. The lowest BCUT2D eigenvalue weighted by Gasteiger charge is -2.34. The fraction of sp³-hybridized carbons (Fsp3) is 0.412. The first-order valence-corrected chi connectivity index (χ1v) is 15.9. The van der Waals surface area contributed by atoms with Gasteiger partial charge in [0, 0.05) is 56.6 Å². The van der Waals surface area contributed by atoms with Crippen LogP contribution in [0.4, 0.5) is 10.6 Å². The average molecular weight is 631 g/mol. The molecule has 10 nitrogen and oxygen atoms in total. The first-order valence-electron chi connectivity index (χ1n) is 15.5. The molecule has 0 aliphatic carbocycles. The Kier molecular flexibility index (Phi) is 8.96. The second-order valence-corrected chi connectivity index (χ2v) is 13.2. The number of piperidine rings is 1. The van der Waals surface area contributed by atoms with Crippen LogP contribution < -0.4 is 10.1 Å². The minimum absolute atomic E-state index is 0.206. The molecule has 1 amide bonds. The van der Waals surface area contributed by atoms with Gasteiger partial charge in [-0.1, -0.05) is 29.8 Å². The number of halogens is 1. The number of aromatic nitrogens is 3. The first-order chi connectivity index (χ1) is 21.6. The van der Waals surface area contributed by atoms with Gasteiger partial charge in [-0.05, 0) is 70.2 Å². The van der Waals surface area contributed by atoms with Gasteiger partial charge in [-0.25, -0.2) is 14.8 Å². The van der Waals surface area contributed by atoms with Crippen molar-refractivity contribution in [2.75, 3.05) is 38.0 Å². The molecular weight excluding hydrogens is 592 g/mol. The summed E-state index contributed by atoms with van der Waals surface area (Å²) in [6.07, 6.45) is 5.83. The summed E-state index contributed by atoms with van der Waals surface area (Å²) in [4.78, 5) is 42.5. The molecule has 2 aliphatic rings. The maximum absolute atomic E-state index is 13.7. The minimum atomic E-state index is -0.482. The Hall–Kier alpha value is -4.15. The molecular formula is C34H39ClN6O4. The van der Waals surface area contributed by atoms with Crippen LogP contribution >= 0.6 is 11.6 Å². The largest absolute Gasteiger partial charge is 0.457 e. The Bertz CT molecular complexity index is 1660. The molecule has 2 N–H and O–H groups in total. The second-order valence-electron chi connectivity index (χ2n) is 12.8. The van der Waals surface area contributed by atoms with Gasteiger partial charge in [0.15, 0.2) is 5.78 Å². The second kappa shape index (κ2) is 13.1. The topological polar surface area (TPSA) is 113 Å². The molecule has 4 aromatic rings. The van der Waals surface area contributed by atoms with E-state index in [9.17, 15) is 9.59 Å². The van der Waals surface area contributed by atoms with Gasteiger partial charge in [0.1, 0.15) is 34.9 Å². The molecule has 236 valence electrons. The number of amides is 1. The number of nitrogens with zero attached hydrogens (tertiary/aromatic N) is 4. The van der Waals surface area contributed by atoms with Gasteiger partial charge in [-0.2, -0.15) is 0 Å². The van der Waals surface area contributed by atoms with E-state index in [0.717, 1.165) is 52.0 Å². The minimum Gasteiger partial charge on any atom is -0.457 e. The van der Waals surface area contributed by atoms with Crippen LogP contribution in [0.3, 0.4) is 0 Å². The van der Waals surface area contributed by atoms with Gasteiger partial charge in [0.2, 0.25) is 0 Å². The van der Waals surface area contributed by atoms with E-state index in [1.54, 1.807) is 24.4 Å². The molecule has 11 heteroatoms. The van der Waals surface area contributed by atoms with Crippen molar-refractivity contribution in [1.29, 1.82) is 0 Å². The quantitative estimate of drug-likeness (QED) is 0.205. The van der Waals surface area contributed by atoms with Gasteiger partial charge >= 0.3 is 6.09 Å². The van der Waals surface area contributed by atoms with Gasteiger partial charge in [0.05, 0.1) is 16.0 Å². The number of fused-ring (bicyclic) bond motifs is 1. The van der Waals surface area contributed by atoms with Crippen molar-refractivity contribution in [3.05, 3.63) is 77.2 Å². The summed E-state index contributed by atoms with van der Waals surface area (Å²) in [6.45, 7) is 10.0. The zero-order valence-corrected chi connectivity index (χ0v) is 26.6. The highest BCUT2D eigenvalue weighted by Crippen LogP contribution is 2.32. The predicted octanol–water partition coefficient (Wildman–Crippen LogP) is 6.77. The number of ketones is 1. The standard InChI is InChI=1S/C34H39ClN6O4/c1-34(2,3)45-33(43)41-16-11-22(20-41)19-40-14-12-23(13-15-40)39-32-29-27(18-36-31(29)37-21-38-32)30(42)26-10-9-25(17-28(26)35)44-24-7-5-4-6-8-24/h4-10,17-18,21-23H,11-16,19-20H2,1-3H3,(H2,36,37,38,39). The lowest BCUT2D eigenvalue weighted by molar-refractivity contribution is 0.0284. The van der Waals surface area contributed by atoms with Gasteiger partial charge in [-0.3, -0.25) is 4.79 Å². The molecule has 0 radical (unpaired) electrons. The molecule has 45 heavy (non-hydrogen) atoms. The SMILES string of the molecule is CC(C)(C)OC(=O)N1CCC(CN2CCC(Nc3ncnc4[nH]cc(C(=O)c5ccc(Oc6ccccc6)cc5Cl)c34)CC2)C1. The Morgan fingerprint density at radius 2 is 1.78 bits per heavy atom. The van der Waals surface area contributed by atoms with Crippen molar-refractivity contribution >= 4 is 40.3 Å². The number of carbonyl (C=O) groups is 2. The number of rotatable bonds is 8. The molecule has 0 spiro atoms. The van der Waals surface area contributed by atoms with Crippen molar-refractivity contribution in [2.45, 2.75) is 51.7 Å². The van der Waals surface area contributed by atoms with Crippen molar-refractivity contribution in [1.82, 2.24) is 24.8 Å². The molecule has 2 fully saturated rings. The van der Waals surface area contributed by atoms with E-state index < -0.39 is 5.60 Å². The number of nitrogens with one attached hydrogen (secondary N) is 2. The summed E-state index contributed by atoms with van der Waals surface area (Å²) in [5, 5.41) is 4.55. The molecule has 1 atom stereocenters. The smallest absolute Gasteiger partial charge is 0.410 e. The fourth-order valence-corrected chi connectivity index (χ4v) is 6.31. The summed E-state index contributed by atoms with van der Waals surface area (Å²) >= 11 is 6.59. The Morgan fingerprint density at radius 3 is 2.51 bits per heavy atom. The zero-order valence-electron chi connectivity index (χ0n) is 25.9. The van der Waals surface area contributed by atoms with Gasteiger partial charge < -0.3 is 29.6 Å². The van der Waals surface area contributed by atoms with Crippen LogP contribution in [-0.4, -0.2) is 81.0 Å². The summed E-state index contributed by atoms with van der Waals surface area (Å²) in [7, 11) is 0. The van der Waals surface area contributed by atoms with Gasteiger partial charge in [0.25, 0.3) is 0 Å². The van der Waals surface area contributed by atoms with Crippen LogP contribution in [0.15, 0.2) is 61.1 Å². The number of hydrogen-bond donors (Lipinski definition) is 2. The van der Waals surface area contributed by atoms with Gasteiger partial charge in [-0.15, -0.1) is 0 Å². The highest BCUT2D eigenvalue weighted by atomic mass is 35.5. The molecule has 2 aliphatic heterocycles. The number of hydrogen-bond acceptors (Lipinski definition) is 8. The number of para-hydroxylation sites is 1. The van der Waals surface area contributed by atoms with Crippen molar-refractivity contribution in [3.63, 3.8) is 0 Å². The third kappa shape index (κ3) is 7.40. The molecule has 2 aromatic carbocycles. The number of benzene rings is 2. The molecule has 2 aromatic heterocycles. The van der Waals surface area contributed by atoms with Crippen LogP contribution in [0.1, 0.15) is 56.0 Å². The molecule has 2 saturated heterocycles. The molecule has 6 rings (SSSR count). The Labute approximate surface area is 268 Å². The average Bonchev–Trinajstić information content (AvgIpc) is 3.66. The van der Waals surface area contributed by atoms with Crippen molar-refractivity contribution < 1.29 is 19.1 Å². The van der Waals surface area contributed by atoms with E-state index >= 15 is 0 Å². The number of ether oxygens (including phenoxy) is 2. The third-order valence-corrected chi connectivity index (χ3v) is 8.57. The maximum atomic E-state index is 13.7. The molecule has 1 unspecified atom stereocenters. The third-order valence-electron chi connectivity index (χ3n) is 8.26. The summed E-state index contributed by atoms with van der Waals surface area (Å²) in [5.41, 5.74) is 0.937. The van der Waals surface area contributed by atoms with E-state index in [4.69, 9.17) is 21.1 Å². The van der Waals surface area contributed by atoms with Crippen LogP contribution in [0.5, 0.6) is 11.5 Å². The first kappa shape index (κ1) is 30.9. The Balaban J connectivity index is 1.07. The predicted molar refractivity (Wildman–Crippen MR) is 174 cm³/mol. The lowest BCUT2D eigenvalue weighted by Crippen LogP contribution is -2.42. The normalized spacial score (nSPS) is 17.9. The number of H-pyrrole nitrogens is 1. The summed E-state index contributed by atoms with van der Waals surface area (Å²) in [5.74, 6) is 2.09. The van der Waals surface area contributed by atoms with E-state index in [-0.39, 0.29) is 17.9 Å². The molecule has 0 bridgehead atoms. The highest BCUT2D eigenvalue weighted by molar-refractivity contribution is 6.35. The number of anilines is 1. The number of likely N-dealkylation sites (tertiary alicyclic amines) is 2. The summed E-state index contributed by atoms with van der Waals surface area (Å²) < 4.78 is 11.4. The van der Waals surface area contributed by atoms with Crippen LogP contribution in [0.2, 0.25) is 5.02 Å².